The zero-order valence-corrected chi connectivity index (χ0v) is 16.5. The molecule has 0 saturated carbocycles. The van der Waals surface area contributed by atoms with Crippen molar-refractivity contribution in [3.63, 3.8) is 0 Å². The Labute approximate surface area is 174 Å². The second-order valence-electron chi connectivity index (χ2n) is 6.91. The number of para-hydroxylation sites is 1. The molecule has 0 fully saturated rings. The van der Waals surface area contributed by atoms with Crippen molar-refractivity contribution >= 4 is 11.5 Å². The molecule has 1 N–H and O–H groups in total. The van der Waals surface area contributed by atoms with Crippen molar-refractivity contribution in [2.75, 3.05) is 5.32 Å². The van der Waals surface area contributed by atoms with Crippen LogP contribution in [0.1, 0.15) is 5.56 Å². The first-order valence-corrected chi connectivity index (χ1v) is 9.60. The maximum Gasteiger partial charge on any atom is 0.259 e. The third-order valence-electron chi connectivity index (χ3n) is 4.83. The number of nitrogens with one attached hydrogen (secondary N) is 1. The molecule has 0 radical (unpaired) electrons. The van der Waals surface area contributed by atoms with Gasteiger partial charge in [0.1, 0.15) is 12.4 Å². The fraction of sp³-hybridized carbons (Fsp3) is 0.0800. The smallest absolute Gasteiger partial charge is 0.259 e. The molecule has 0 amide bonds. The normalized spacial score (nSPS) is 10.6. The third-order valence-corrected chi connectivity index (χ3v) is 4.83. The van der Waals surface area contributed by atoms with Crippen molar-refractivity contribution in [1.29, 1.82) is 0 Å². The van der Waals surface area contributed by atoms with E-state index in [1.807, 2.05) is 60.7 Å². The minimum Gasteiger partial charge on any atom is -0.486 e. The lowest BCUT2D eigenvalue weighted by atomic mass is 10.1. The van der Waals surface area contributed by atoms with Crippen molar-refractivity contribution in [2.24, 2.45) is 7.05 Å². The van der Waals surface area contributed by atoms with Crippen LogP contribution < -0.4 is 15.6 Å². The van der Waals surface area contributed by atoms with Crippen LogP contribution in [0.2, 0.25) is 0 Å². The largest absolute Gasteiger partial charge is 0.486 e. The molecule has 5 heteroatoms. The zero-order valence-electron chi connectivity index (χ0n) is 16.5. The van der Waals surface area contributed by atoms with Gasteiger partial charge in [0.15, 0.2) is 11.6 Å². The Morgan fingerprint density at radius 1 is 0.900 bits per heavy atom. The van der Waals surface area contributed by atoms with E-state index in [0.717, 1.165) is 11.3 Å². The first-order chi connectivity index (χ1) is 14.6. The van der Waals surface area contributed by atoms with E-state index in [1.165, 1.54) is 10.6 Å². The molecule has 30 heavy (non-hydrogen) atoms. The number of anilines is 2. The van der Waals surface area contributed by atoms with Crippen LogP contribution >= 0.6 is 0 Å². The molecule has 0 atom stereocenters. The minimum absolute atomic E-state index is 0.154. The standard InChI is InChI=1S/C25H21FN2O2/c1-28-24(27-20-10-6-3-7-11-20)15-13-21(25(28)29)19-12-14-23(22(26)16-19)30-17-18-8-4-2-5-9-18/h2-16,27H,17H2,1H3. The van der Waals surface area contributed by atoms with Gasteiger partial charge in [0.05, 0.1) is 0 Å². The molecule has 0 bridgehead atoms. The summed E-state index contributed by atoms with van der Waals surface area (Å²) in [6.07, 6.45) is 0. The summed E-state index contributed by atoms with van der Waals surface area (Å²) in [4.78, 5) is 12.9. The molecule has 4 rings (SSSR count). The molecule has 3 aromatic carbocycles. The lowest BCUT2D eigenvalue weighted by Gasteiger charge is -2.13. The van der Waals surface area contributed by atoms with Crippen molar-refractivity contribution in [3.8, 4) is 16.9 Å². The van der Waals surface area contributed by atoms with E-state index < -0.39 is 5.82 Å². The summed E-state index contributed by atoms with van der Waals surface area (Å²) >= 11 is 0. The highest BCUT2D eigenvalue weighted by Gasteiger charge is 2.12. The number of ether oxygens (including phenoxy) is 1. The quantitative estimate of drug-likeness (QED) is 0.464. The van der Waals surface area contributed by atoms with Gasteiger partial charge in [-0.25, -0.2) is 4.39 Å². The average molecular weight is 400 g/mol. The van der Waals surface area contributed by atoms with Gasteiger partial charge in [-0.1, -0.05) is 54.6 Å². The van der Waals surface area contributed by atoms with Crippen molar-refractivity contribution in [1.82, 2.24) is 4.57 Å². The predicted molar refractivity (Wildman–Crippen MR) is 118 cm³/mol. The molecule has 4 aromatic rings. The molecule has 0 saturated heterocycles. The lowest BCUT2D eigenvalue weighted by Crippen LogP contribution is -2.20. The number of aromatic nitrogens is 1. The average Bonchev–Trinajstić information content (AvgIpc) is 2.78. The SMILES string of the molecule is Cn1c(Nc2ccccc2)ccc(-c2ccc(OCc3ccccc3)c(F)c2)c1=O. The number of hydrogen-bond acceptors (Lipinski definition) is 3. The molecule has 1 heterocycles. The minimum atomic E-state index is -0.503. The van der Waals surface area contributed by atoms with Gasteiger partial charge in [-0.3, -0.25) is 9.36 Å². The first kappa shape index (κ1) is 19.5. The molecule has 150 valence electrons. The van der Waals surface area contributed by atoms with Crippen molar-refractivity contribution in [2.45, 2.75) is 6.61 Å². The molecule has 1 aromatic heterocycles. The topological polar surface area (TPSA) is 43.3 Å². The van der Waals surface area contributed by atoms with E-state index in [2.05, 4.69) is 5.32 Å². The van der Waals surface area contributed by atoms with E-state index >= 15 is 0 Å². The van der Waals surface area contributed by atoms with Crippen LogP contribution in [0, 0.1) is 5.82 Å². The van der Waals surface area contributed by atoms with Crippen molar-refractivity contribution in [3.05, 3.63) is 113 Å². The predicted octanol–water partition coefficient (Wildman–Crippen LogP) is 5.51. The third kappa shape index (κ3) is 4.25. The van der Waals surface area contributed by atoms with E-state index in [-0.39, 0.29) is 17.9 Å². The summed E-state index contributed by atoms with van der Waals surface area (Å²) in [6.45, 7) is 0.277. The van der Waals surface area contributed by atoms with Gasteiger partial charge in [0, 0.05) is 18.3 Å². The van der Waals surface area contributed by atoms with E-state index in [9.17, 15) is 9.18 Å². The molecule has 0 spiro atoms. The molecule has 4 nitrogen and oxygen atoms in total. The number of halogens is 1. The van der Waals surface area contributed by atoms with Crippen LogP contribution in [0.25, 0.3) is 11.1 Å². The number of benzene rings is 3. The highest BCUT2D eigenvalue weighted by molar-refractivity contribution is 5.66. The van der Waals surface area contributed by atoms with Crippen molar-refractivity contribution < 1.29 is 9.13 Å². The molecule has 0 aliphatic carbocycles. The Kier molecular flexibility index (Phi) is 5.61. The molecule has 0 aliphatic heterocycles. The van der Waals surface area contributed by atoms with Gasteiger partial charge in [0.25, 0.3) is 5.56 Å². The van der Waals surface area contributed by atoms with Crippen LogP contribution in [-0.2, 0) is 13.7 Å². The molecular formula is C25H21FN2O2. The number of rotatable bonds is 6. The Morgan fingerprint density at radius 3 is 2.30 bits per heavy atom. The summed E-state index contributed by atoms with van der Waals surface area (Å²) in [5.41, 5.74) is 2.55. The second kappa shape index (κ2) is 8.66. The van der Waals surface area contributed by atoms with Gasteiger partial charge in [-0.2, -0.15) is 0 Å². The molecular weight excluding hydrogens is 379 g/mol. The molecule has 0 unspecified atom stereocenters. The van der Waals surface area contributed by atoms with Crippen LogP contribution in [0.4, 0.5) is 15.9 Å². The fourth-order valence-corrected chi connectivity index (χ4v) is 3.17. The number of hydrogen-bond donors (Lipinski definition) is 1. The summed E-state index contributed by atoms with van der Waals surface area (Å²) in [6, 6.07) is 27.3. The van der Waals surface area contributed by atoms with Crippen LogP contribution in [0.5, 0.6) is 5.75 Å². The molecule has 0 aliphatic rings. The number of pyridine rings is 1. The van der Waals surface area contributed by atoms with E-state index in [0.29, 0.717) is 16.9 Å². The van der Waals surface area contributed by atoms with Gasteiger partial charge in [-0.15, -0.1) is 0 Å². The van der Waals surface area contributed by atoms with E-state index in [4.69, 9.17) is 4.74 Å². The van der Waals surface area contributed by atoms with Gasteiger partial charge < -0.3 is 10.1 Å². The Hall–Kier alpha value is -3.86. The van der Waals surface area contributed by atoms with Crippen LogP contribution in [-0.4, -0.2) is 4.57 Å². The van der Waals surface area contributed by atoms with Crippen LogP contribution in [0.15, 0.2) is 95.8 Å². The first-order valence-electron chi connectivity index (χ1n) is 9.60. The fourth-order valence-electron chi connectivity index (χ4n) is 3.17. The highest BCUT2D eigenvalue weighted by Crippen LogP contribution is 2.25. The van der Waals surface area contributed by atoms with Gasteiger partial charge in [0.2, 0.25) is 0 Å². The van der Waals surface area contributed by atoms with Crippen LogP contribution in [0.3, 0.4) is 0 Å². The lowest BCUT2D eigenvalue weighted by molar-refractivity contribution is 0.290. The monoisotopic (exact) mass is 400 g/mol. The summed E-state index contributed by atoms with van der Waals surface area (Å²) in [5.74, 6) is 0.303. The number of nitrogens with zero attached hydrogens (tertiary/aromatic N) is 1. The maximum absolute atomic E-state index is 14.6. The Bertz CT molecular complexity index is 1210. The summed E-state index contributed by atoms with van der Waals surface area (Å²) in [7, 11) is 1.69. The highest BCUT2D eigenvalue weighted by atomic mass is 19.1. The van der Waals surface area contributed by atoms with E-state index in [1.54, 1.807) is 31.3 Å². The van der Waals surface area contributed by atoms with Gasteiger partial charge >= 0.3 is 0 Å². The summed E-state index contributed by atoms with van der Waals surface area (Å²) < 4.78 is 21.7. The van der Waals surface area contributed by atoms with Gasteiger partial charge in [-0.05, 0) is 47.5 Å². The summed E-state index contributed by atoms with van der Waals surface area (Å²) in [5, 5.41) is 3.21. The maximum atomic E-state index is 14.6. The Morgan fingerprint density at radius 2 is 1.60 bits per heavy atom. The zero-order chi connectivity index (χ0) is 20.9. The Balaban J connectivity index is 1.55. The second-order valence-corrected chi connectivity index (χ2v) is 6.91.